The number of H-pyrrole nitrogens is 1. The Bertz CT molecular complexity index is 1380. The van der Waals surface area contributed by atoms with E-state index in [2.05, 4.69) is 19.9 Å². The third kappa shape index (κ3) is 4.44. The summed E-state index contributed by atoms with van der Waals surface area (Å²) >= 11 is 0. The second-order valence-electron chi connectivity index (χ2n) is 8.80. The summed E-state index contributed by atoms with van der Waals surface area (Å²) in [4.78, 5) is 44.1. The fourth-order valence-electron chi connectivity index (χ4n) is 4.49. The first-order chi connectivity index (χ1) is 16.9. The molecule has 3 aromatic heterocycles. The Labute approximate surface area is 202 Å². The van der Waals surface area contributed by atoms with Gasteiger partial charge in [0.05, 0.1) is 24.1 Å². The van der Waals surface area contributed by atoms with Crippen molar-refractivity contribution in [3.8, 4) is 22.9 Å². The van der Waals surface area contributed by atoms with Crippen LogP contribution < -0.4 is 4.74 Å². The number of carbonyl (C=O) groups is 2. The molecule has 1 aromatic carbocycles. The number of pyridine rings is 1. The monoisotopic (exact) mass is 470 g/mol. The number of carbonyl (C=O) groups excluding carboxylic acids is 2. The fraction of sp³-hybridized carbons (Fsp3) is 0.269. The molecule has 0 saturated carbocycles. The smallest absolute Gasteiger partial charge is 0.271 e. The lowest BCUT2D eigenvalue weighted by atomic mass is 10.0. The van der Waals surface area contributed by atoms with Crippen LogP contribution in [-0.4, -0.2) is 62.2 Å². The lowest BCUT2D eigenvalue weighted by molar-refractivity contribution is -0.129. The van der Waals surface area contributed by atoms with Gasteiger partial charge in [0.15, 0.2) is 0 Å². The van der Waals surface area contributed by atoms with Gasteiger partial charge in [0.25, 0.3) is 5.91 Å². The number of aromatic amines is 1. The van der Waals surface area contributed by atoms with Gasteiger partial charge >= 0.3 is 0 Å². The Morgan fingerprint density at radius 2 is 1.97 bits per heavy atom. The minimum absolute atomic E-state index is 0.0403. The zero-order valence-corrected chi connectivity index (χ0v) is 19.9. The fourth-order valence-corrected chi connectivity index (χ4v) is 4.49. The molecule has 0 bridgehead atoms. The average molecular weight is 471 g/mol. The molecule has 1 N–H and O–H groups in total. The molecule has 0 unspecified atom stereocenters. The molecule has 0 aliphatic carbocycles. The molecule has 4 heterocycles. The number of rotatable bonds is 5. The molecule has 1 aliphatic rings. The SMILES string of the molecule is CC(=O)N1CCC[C@@H]1c1cc2[nH]c(-c3cnccn3)cc2cc1Oc1ccc(C(=O)N(C)C)nc1. The van der Waals surface area contributed by atoms with Crippen LogP contribution in [0.25, 0.3) is 22.3 Å². The number of aromatic nitrogens is 4. The average Bonchev–Trinajstić information content (AvgIpc) is 3.51. The molecular weight excluding hydrogens is 444 g/mol. The lowest BCUT2D eigenvalue weighted by Crippen LogP contribution is -2.28. The standard InChI is InChI=1S/C26H26N6O3/c1-16(33)32-10-4-5-24(32)19-13-21-17(11-22(30-21)23-15-27-8-9-28-23)12-25(19)35-18-6-7-20(29-14-18)26(34)31(2)3/h6-9,11-15,24,30H,4-5,10H2,1-3H3/t24-/m1/s1. The second kappa shape index (κ2) is 9.17. The maximum atomic E-state index is 12.3. The van der Waals surface area contributed by atoms with Gasteiger partial charge in [-0.1, -0.05) is 0 Å². The van der Waals surface area contributed by atoms with Gasteiger partial charge < -0.3 is 19.5 Å². The summed E-state index contributed by atoms with van der Waals surface area (Å²) in [5.41, 5.74) is 3.78. The van der Waals surface area contributed by atoms with Crippen LogP contribution in [-0.2, 0) is 4.79 Å². The number of benzene rings is 1. The summed E-state index contributed by atoms with van der Waals surface area (Å²) in [5, 5.41) is 0.948. The van der Waals surface area contributed by atoms with Crippen molar-refractivity contribution in [3.63, 3.8) is 0 Å². The Balaban J connectivity index is 1.56. The molecule has 1 aliphatic heterocycles. The van der Waals surface area contributed by atoms with Gasteiger partial charge in [-0.25, -0.2) is 4.98 Å². The number of likely N-dealkylation sites (tertiary alicyclic amines) is 1. The molecule has 0 radical (unpaired) electrons. The van der Waals surface area contributed by atoms with E-state index < -0.39 is 0 Å². The minimum Gasteiger partial charge on any atom is -0.455 e. The summed E-state index contributed by atoms with van der Waals surface area (Å²) in [7, 11) is 3.37. The van der Waals surface area contributed by atoms with E-state index in [4.69, 9.17) is 4.74 Å². The van der Waals surface area contributed by atoms with Crippen molar-refractivity contribution in [3.05, 3.63) is 66.4 Å². The highest BCUT2D eigenvalue weighted by molar-refractivity contribution is 5.92. The first kappa shape index (κ1) is 22.5. The number of ether oxygens (including phenoxy) is 1. The summed E-state index contributed by atoms with van der Waals surface area (Å²) in [6, 6.07) is 9.32. The van der Waals surface area contributed by atoms with Gasteiger partial charge in [0.1, 0.15) is 22.9 Å². The molecular formula is C26H26N6O3. The zero-order chi connectivity index (χ0) is 24.5. The van der Waals surface area contributed by atoms with Gasteiger partial charge in [-0.2, -0.15) is 0 Å². The van der Waals surface area contributed by atoms with Crippen molar-refractivity contribution in [2.75, 3.05) is 20.6 Å². The summed E-state index contributed by atoms with van der Waals surface area (Å²) in [6.07, 6.45) is 8.33. The van der Waals surface area contributed by atoms with Crippen LogP contribution in [0.1, 0.15) is 41.9 Å². The van der Waals surface area contributed by atoms with E-state index in [1.165, 1.54) is 4.90 Å². The molecule has 5 rings (SSSR count). The van der Waals surface area contributed by atoms with Gasteiger partial charge in [-0.05, 0) is 43.2 Å². The van der Waals surface area contributed by atoms with Crippen molar-refractivity contribution in [1.82, 2.24) is 29.7 Å². The van der Waals surface area contributed by atoms with Gasteiger partial charge in [-0.3, -0.25) is 19.6 Å². The van der Waals surface area contributed by atoms with Crippen LogP contribution in [0.3, 0.4) is 0 Å². The Morgan fingerprint density at radius 1 is 1.11 bits per heavy atom. The molecule has 1 atom stereocenters. The number of fused-ring (bicyclic) bond motifs is 1. The normalized spacial score (nSPS) is 15.4. The molecule has 2 amide bonds. The molecule has 9 heteroatoms. The van der Waals surface area contributed by atoms with Crippen molar-refractivity contribution >= 4 is 22.7 Å². The third-order valence-corrected chi connectivity index (χ3v) is 6.20. The summed E-state index contributed by atoms with van der Waals surface area (Å²) in [6.45, 7) is 2.32. The van der Waals surface area contributed by atoms with Crippen molar-refractivity contribution in [2.24, 2.45) is 0 Å². The van der Waals surface area contributed by atoms with Crippen molar-refractivity contribution in [1.29, 1.82) is 0 Å². The van der Waals surface area contributed by atoms with Gasteiger partial charge in [-0.15, -0.1) is 0 Å². The number of hydrogen-bond donors (Lipinski definition) is 1. The van der Waals surface area contributed by atoms with E-state index in [0.29, 0.717) is 17.2 Å². The summed E-state index contributed by atoms with van der Waals surface area (Å²) in [5.74, 6) is 1.02. The van der Waals surface area contributed by atoms with E-state index >= 15 is 0 Å². The second-order valence-corrected chi connectivity index (χ2v) is 8.80. The first-order valence-electron chi connectivity index (χ1n) is 11.5. The largest absolute Gasteiger partial charge is 0.455 e. The molecule has 0 spiro atoms. The molecule has 4 aromatic rings. The molecule has 35 heavy (non-hydrogen) atoms. The Morgan fingerprint density at radius 3 is 2.66 bits per heavy atom. The number of amides is 2. The van der Waals surface area contributed by atoms with Crippen molar-refractivity contribution in [2.45, 2.75) is 25.8 Å². The maximum absolute atomic E-state index is 12.3. The number of nitrogens with one attached hydrogen (secondary N) is 1. The zero-order valence-electron chi connectivity index (χ0n) is 19.9. The van der Waals surface area contributed by atoms with Crippen LogP contribution in [0.15, 0.2) is 55.1 Å². The quantitative estimate of drug-likeness (QED) is 0.469. The van der Waals surface area contributed by atoms with Crippen LogP contribution in [0.2, 0.25) is 0 Å². The van der Waals surface area contributed by atoms with Crippen molar-refractivity contribution < 1.29 is 14.3 Å². The van der Waals surface area contributed by atoms with E-state index in [9.17, 15) is 9.59 Å². The van der Waals surface area contributed by atoms with Gasteiger partial charge in [0, 0.05) is 56.4 Å². The summed E-state index contributed by atoms with van der Waals surface area (Å²) < 4.78 is 6.30. The minimum atomic E-state index is -0.175. The maximum Gasteiger partial charge on any atom is 0.271 e. The molecule has 1 saturated heterocycles. The van der Waals surface area contributed by atoms with Crippen LogP contribution in [0, 0.1) is 0 Å². The number of nitrogens with zero attached hydrogens (tertiary/aromatic N) is 5. The Hall–Kier alpha value is -4.27. The number of hydrogen-bond acceptors (Lipinski definition) is 6. The highest BCUT2D eigenvalue weighted by Gasteiger charge is 2.31. The highest BCUT2D eigenvalue weighted by Crippen LogP contribution is 2.41. The van der Waals surface area contributed by atoms with Crippen LogP contribution >= 0.6 is 0 Å². The van der Waals surface area contributed by atoms with Crippen LogP contribution in [0.5, 0.6) is 11.5 Å². The van der Waals surface area contributed by atoms with E-state index in [0.717, 1.165) is 47.2 Å². The predicted octanol–water partition coefficient (Wildman–Crippen LogP) is 4.20. The molecule has 178 valence electrons. The predicted molar refractivity (Wildman–Crippen MR) is 131 cm³/mol. The van der Waals surface area contributed by atoms with E-state index in [1.54, 1.807) is 57.9 Å². The first-order valence-corrected chi connectivity index (χ1v) is 11.5. The lowest BCUT2D eigenvalue weighted by Gasteiger charge is -2.25. The van der Waals surface area contributed by atoms with Crippen LogP contribution in [0.4, 0.5) is 0 Å². The van der Waals surface area contributed by atoms with Gasteiger partial charge in [0.2, 0.25) is 5.91 Å². The molecule has 9 nitrogen and oxygen atoms in total. The highest BCUT2D eigenvalue weighted by atomic mass is 16.5. The third-order valence-electron chi connectivity index (χ3n) is 6.20. The van der Waals surface area contributed by atoms with E-state index in [1.807, 2.05) is 23.1 Å². The molecule has 1 fully saturated rings. The van der Waals surface area contributed by atoms with E-state index in [-0.39, 0.29) is 17.9 Å². The topological polar surface area (TPSA) is 104 Å². The Kier molecular flexibility index (Phi) is 5.90.